The number of methoxy groups -OCH3 is 1. The predicted molar refractivity (Wildman–Crippen MR) is 119 cm³/mol. The molecule has 2 N–H and O–H groups in total. The van der Waals surface area contributed by atoms with Gasteiger partial charge in [0.25, 0.3) is 0 Å². The number of ether oxygens (including phenoxy) is 2. The Kier molecular flexibility index (Phi) is 9.55. The maximum Gasteiger partial charge on any atom is 0.191 e. The molecule has 30 heavy (non-hydrogen) atoms. The van der Waals surface area contributed by atoms with E-state index in [2.05, 4.69) is 54.7 Å². The van der Waals surface area contributed by atoms with Crippen molar-refractivity contribution in [3.05, 3.63) is 34.5 Å². The highest BCUT2D eigenvalue weighted by atomic mass is 32.1. The summed E-state index contributed by atoms with van der Waals surface area (Å²) < 4.78 is 12.8. The topological polar surface area (TPSA) is 88.8 Å². The van der Waals surface area contributed by atoms with Crippen molar-refractivity contribution in [2.24, 2.45) is 4.99 Å². The van der Waals surface area contributed by atoms with Gasteiger partial charge in [-0.05, 0) is 11.4 Å². The van der Waals surface area contributed by atoms with E-state index in [9.17, 15) is 0 Å². The molecule has 3 rings (SSSR count). The van der Waals surface area contributed by atoms with Crippen LogP contribution in [-0.2, 0) is 22.4 Å². The summed E-state index contributed by atoms with van der Waals surface area (Å²) in [5.74, 6) is 1.79. The van der Waals surface area contributed by atoms with E-state index in [1.165, 1.54) is 4.88 Å². The lowest BCUT2D eigenvalue weighted by molar-refractivity contribution is 0.0186. The number of hydrogen-bond acceptors (Lipinski definition) is 7. The van der Waals surface area contributed by atoms with Crippen molar-refractivity contribution < 1.29 is 9.47 Å². The van der Waals surface area contributed by atoms with Crippen LogP contribution in [0.3, 0.4) is 0 Å². The van der Waals surface area contributed by atoms with Gasteiger partial charge in [0.05, 0.1) is 32.4 Å². The molecule has 1 saturated heterocycles. The lowest BCUT2D eigenvalue weighted by atomic mass is 10.2. The summed E-state index contributed by atoms with van der Waals surface area (Å²) in [5.41, 5.74) is 0. The summed E-state index contributed by atoms with van der Waals surface area (Å²) in [4.78, 5) is 8.72. The minimum absolute atomic E-state index is 0.263. The molecule has 0 amide bonds. The highest BCUT2D eigenvalue weighted by Gasteiger charge is 2.23. The van der Waals surface area contributed by atoms with Crippen molar-refractivity contribution >= 4 is 17.3 Å². The number of aliphatic imine (C=N–C) groups is 1. The maximum absolute atomic E-state index is 5.54. The van der Waals surface area contributed by atoms with Crippen LogP contribution >= 0.6 is 11.3 Å². The summed E-state index contributed by atoms with van der Waals surface area (Å²) in [5, 5.41) is 17.1. The summed E-state index contributed by atoms with van der Waals surface area (Å²) in [7, 11) is 1.70. The number of nitrogens with one attached hydrogen (secondary N) is 2. The monoisotopic (exact) mass is 435 g/mol. The number of thiophene rings is 1. The van der Waals surface area contributed by atoms with Crippen LogP contribution in [-0.4, -0.2) is 85.3 Å². The Hall–Kier alpha value is -2.01. The molecule has 0 spiro atoms. The lowest BCUT2D eigenvalue weighted by Gasteiger charge is -2.33. The second kappa shape index (κ2) is 12.6. The third kappa shape index (κ3) is 6.76. The largest absolute Gasteiger partial charge is 0.383 e. The van der Waals surface area contributed by atoms with Crippen LogP contribution in [0.25, 0.3) is 0 Å². The molecule has 0 aromatic carbocycles. The van der Waals surface area contributed by atoms with E-state index in [4.69, 9.17) is 14.5 Å². The van der Waals surface area contributed by atoms with Crippen LogP contribution in [0.5, 0.6) is 0 Å². The maximum atomic E-state index is 5.54. The molecule has 1 aliphatic heterocycles. The minimum atomic E-state index is 0.263. The Balaban J connectivity index is 1.62. The summed E-state index contributed by atoms with van der Waals surface area (Å²) in [6.07, 6.45) is 2.65. The van der Waals surface area contributed by atoms with Crippen molar-refractivity contribution in [1.82, 2.24) is 30.3 Å². The third-order valence-electron chi connectivity index (χ3n) is 5.04. The van der Waals surface area contributed by atoms with Gasteiger partial charge in [0.1, 0.15) is 12.2 Å². The Morgan fingerprint density at radius 2 is 2.17 bits per heavy atom. The molecule has 1 unspecified atom stereocenters. The number of rotatable bonds is 11. The van der Waals surface area contributed by atoms with E-state index >= 15 is 0 Å². The van der Waals surface area contributed by atoms with Crippen molar-refractivity contribution in [1.29, 1.82) is 0 Å². The van der Waals surface area contributed by atoms with Gasteiger partial charge in [0, 0.05) is 51.1 Å². The zero-order valence-electron chi connectivity index (χ0n) is 17.9. The fourth-order valence-electron chi connectivity index (χ4n) is 3.41. The first-order chi connectivity index (χ1) is 14.8. The molecule has 1 atom stereocenters. The van der Waals surface area contributed by atoms with Crippen LogP contribution in [0.2, 0.25) is 0 Å². The fraction of sp³-hybridized carbons (Fsp3) is 0.650. The van der Waals surface area contributed by atoms with E-state index in [1.807, 2.05) is 0 Å². The molecule has 2 aromatic rings. The van der Waals surface area contributed by atoms with Gasteiger partial charge < -0.3 is 24.7 Å². The number of morpholine rings is 1. The van der Waals surface area contributed by atoms with Gasteiger partial charge in [-0.3, -0.25) is 9.89 Å². The van der Waals surface area contributed by atoms with Crippen LogP contribution in [0.1, 0.15) is 23.7 Å². The molecule has 10 heteroatoms. The van der Waals surface area contributed by atoms with Gasteiger partial charge in [0.2, 0.25) is 0 Å². The molecule has 0 bridgehead atoms. The van der Waals surface area contributed by atoms with E-state index in [-0.39, 0.29) is 6.04 Å². The van der Waals surface area contributed by atoms with Gasteiger partial charge in [-0.25, -0.2) is 0 Å². The van der Waals surface area contributed by atoms with E-state index < -0.39 is 0 Å². The molecule has 166 valence electrons. The van der Waals surface area contributed by atoms with Crippen molar-refractivity contribution in [2.75, 3.05) is 59.7 Å². The smallest absolute Gasteiger partial charge is 0.191 e. The minimum Gasteiger partial charge on any atom is -0.383 e. The van der Waals surface area contributed by atoms with E-state index in [0.29, 0.717) is 19.7 Å². The first kappa shape index (κ1) is 22.7. The standard InChI is InChI=1S/C20H33N7O2S/c1-3-19-25-24-16-27(19)8-6-21-20(22-7-11-28-2)23-15-17(18-5-4-14-30-18)26-9-12-29-13-10-26/h4-5,14,16-17H,3,6-13,15H2,1-2H3,(H2,21,22,23). The summed E-state index contributed by atoms with van der Waals surface area (Å²) in [6, 6.07) is 4.57. The molecule has 2 aromatic heterocycles. The second-order valence-corrected chi connectivity index (χ2v) is 7.99. The van der Waals surface area contributed by atoms with Crippen LogP contribution in [0.15, 0.2) is 28.8 Å². The van der Waals surface area contributed by atoms with Crippen molar-refractivity contribution in [3.8, 4) is 0 Å². The Bertz CT molecular complexity index is 744. The fourth-order valence-corrected chi connectivity index (χ4v) is 4.27. The third-order valence-corrected chi connectivity index (χ3v) is 6.01. The number of hydrogen-bond donors (Lipinski definition) is 2. The molecule has 0 radical (unpaired) electrons. The molecule has 0 saturated carbocycles. The first-order valence-corrected chi connectivity index (χ1v) is 11.4. The molecule has 0 aliphatic carbocycles. The Morgan fingerprint density at radius 1 is 1.33 bits per heavy atom. The SMILES string of the molecule is CCc1nncn1CCNC(=NCC(c1cccs1)N1CCOCC1)NCCOC. The zero-order chi connectivity index (χ0) is 21.0. The quantitative estimate of drug-likeness (QED) is 0.311. The van der Waals surface area contributed by atoms with E-state index in [1.54, 1.807) is 24.8 Å². The molecule has 3 heterocycles. The normalized spacial score (nSPS) is 16.5. The van der Waals surface area contributed by atoms with Gasteiger partial charge in [0.15, 0.2) is 5.96 Å². The summed E-state index contributed by atoms with van der Waals surface area (Å²) in [6.45, 7) is 9.07. The van der Waals surface area contributed by atoms with Crippen LogP contribution in [0.4, 0.5) is 0 Å². The van der Waals surface area contributed by atoms with E-state index in [0.717, 1.165) is 57.6 Å². The van der Waals surface area contributed by atoms with Gasteiger partial charge in [-0.1, -0.05) is 13.0 Å². The average Bonchev–Trinajstić information content (AvgIpc) is 3.46. The molecule has 1 fully saturated rings. The highest BCUT2D eigenvalue weighted by molar-refractivity contribution is 7.10. The Morgan fingerprint density at radius 3 is 2.90 bits per heavy atom. The van der Waals surface area contributed by atoms with Crippen LogP contribution in [0, 0.1) is 0 Å². The lowest BCUT2D eigenvalue weighted by Crippen LogP contribution is -2.42. The number of guanidine groups is 1. The number of aromatic nitrogens is 3. The zero-order valence-corrected chi connectivity index (χ0v) is 18.7. The average molecular weight is 436 g/mol. The number of aryl methyl sites for hydroxylation is 1. The van der Waals surface area contributed by atoms with Crippen molar-refractivity contribution in [2.45, 2.75) is 25.9 Å². The molecule has 9 nitrogen and oxygen atoms in total. The van der Waals surface area contributed by atoms with Gasteiger partial charge in [-0.2, -0.15) is 0 Å². The molecular formula is C20H33N7O2S. The predicted octanol–water partition coefficient (Wildman–Crippen LogP) is 1.16. The van der Waals surface area contributed by atoms with Gasteiger partial charge >= 0.3 is 0 Å². The van der Waals surface area contributed by atoms with Crippen LogP contribution < -0.4 is 10.6 Å². The number of nitrogens with zero attached hydrogens (tertiary/aromatic N) is 5. The molecule has 1 aliphatic rings. The Labute approximate surface area is 182 Å². The molecular weight excluding hydrogens is 402 g/mol. The van der Waals surface area contributed by atoms with Gasteiger partial charge in [-0.15, -0.1) is 21.5 Å². The second-order valence-electron chi connectivity index (χ2n) is 7.01. The highest BCUT2D eigenvalue weighted by Crippen LogP contribution is 2.26. The summed E-state index contributed by atoms with van der Waals surface area (Å²) >= 11 is 1.79. The van der Waals surface area contributed by atoms with Crippen molar-refractivity contribution in [3.63, 3.8) is 0 Å². The first-order valence-electron chi connectivity index (χ1n) is 10.5.